The van der Waals surface area contributed by atoms with Gasteiger partial charge < -0.3 is 9.64 Å². The highest BCUT2D eigenvalue weighted by atomic mass is 35.5. The standard InChI is InChI=1S/C19H20Cl2N2O2/c1-13-7-9-23(10-8-13)19(24)14-5-6-15(22-11-14)12-25-18-16(20)3-2-4-17(18)21/h2-6,11,13H,7-10,12H2,1H3. The molecule has 3 rings (SSSR count). The van der Waals surface area contributed by atoms with Gasteiger partial charge in [-0.3, -0.25) is 9.78 Å². The van der Waals surface area contributed by atoms with Crippen LogP contribution in [0.2, 0.25) is 10.0 Å². The topological polar surface area (TPSA) is 42.4 Å². The van der Waals surface area contributed by atoms with Gasteiger partial charge in [-0.15, -0.1) is 0 Å². The summed E-state index contributed by atoms with van der Waals surface area (Å²) in [6, 6.07) is 8.79. The van der Waals surface area contributed by atoms with E-state index in [4.69, 9.17) is 27.9 Å². The molecule has 0 unspecified atom stereocenters. The Labute approximate surface area is 157 Å². The monoisotopic (exact) mass is 378 g/mol. The minimum atomic E-state index is 0.0426. The Kier molecular flexibility index (Phi) is 5.82. The molecule has 4 nitrogen and oxygen atoms in total. The second kappa shape index (κ2) is 8.07. The van der Waals surface area contributed by atoms with Gasteiger partial charge in [-0.1, -0.05) is 36.2 Å². The van der Waals surface area contributed by atoms with Gasteiger partial charge in [0.25, 0.3) is 5.91 Å². The number of rotatable bonds is 4. The van der Waals surface area contributed by atoms with Crippen molar-refractivity contribution in [1.82, 2.24) is 9.88 Å². The lowest BCUT2D eigenvalue weighted by Crippen LogP contribution is -2.37. The molecule has 1 aliphatic rings. The molecule has 1 fully saturated rings. The van der Waals surface area contributed by atoms with Crippen molar-refractivity contribution in [3.8, 4) is 5.75 Å². The molecule has 1 amide bonds. The first-order valence-electron chi connectivity index (χ1n) is 8.35. The van der Waals surface area contributed by atoms with Crippen LogP contribution >= 0.6 is 23.2 Å². The minimum Gasteiger partial charge on any atom is -0.484 e. The molecule has 0 saturated carbocycles. The molecular weight excluding hydrogens is 359 g/mol. The second-order valence-corrected chi connectivity index (χ2v) is 7.17. The number of pyridine rings is 1. The maximum atomic E-state index is 12.5. The quantitative estimate of drug-likeness (QED) is 0.764. The fraction of sp³-hybridized carbons (Fsp3) is 0.368. The molecule has 1 aromatic heterocycles. The Morgan fingerprint density at radius 3 is 2.48 bits per heavy atom. The Morgan fingerprint density at radius 2 is 1.88 bits per heavy atom. The molecule has 1 saturated heterocycles. The molecule has 1 aliphatic heterocycles. The normalized spacial score (nSPS) is 15.2. The summed E-state index contributed by atoms with van der Waals surface area (Å²) in [5, 5.41) is 0.914. The number of ether oxygens (including phenoxy) is 1. The van der Waals surface area contributed by atoms with Gasteiger partial charge in [0, 0.05) is 19.3 Å². The minimum absolute atomic E-state index is 0.0426. The summed E-state index contributed by atoms with van der Waals surface area (Å²) in [5.74, 6) is 1.18. The number of para-hydroxylation sites is 1. The maximum absolute atomic E-state index is 12.5. The van der Waals surface area contributed by atoms with E-state index in [1.807, 2.05) is 4.90 Å². The van der Waals surface area contributed by atoms with Crippen molar-refractivity contribution in [1.29, 1.82) is 0 Å². The van der Waals surface area contributed by atoms with E-state index in [9.17, 15) is 4.79 Å². The van der Waals surface area contributed by atoms with E-state index in [1.54, 1.807) is 36.5 Å². The van der Waals surface area contributed by atoms with Gasteiger partial charge in [-0.05, 0) is 43.0 Å². The highest BCUT2D eigenvalue weighted by Gasteiger charge is 2.21. The first-order valence-corrected chi connectivity index (χ1v) is 9.11. The lowest BCUT2D eigenvalue weighted by atomic mass is 9.99. The molecule has 1 aromatic carbocycles. The molecule has 0 bridgehead atoms. The molecule has 2 aromatic rings. The van der Waals surface area contributed by atoms with Crippen molar-refractivity contribution in [3.05, 3.63) is 57.8 Å². The average Bonchev–Trinajstić information content (AvgIpc) is 2.62. The van der Waals surface area contributed by atoms with Crippen LogP contribution in [0.3, 0.4) is 0 Å². The number of aromatic nitrogens is 1. The van der Waals surface area contributed by atoms with Crippen LogP contribution in [0.25, 0.3) is 0 Å². The van der Waals surface area contributed by atoms with Crippen LogP contribution in [0.5, 0.6) is 5.75 Å². The highest BCUT2D eigenvalue weighted by Crippen LogP contribution is 2.32. The summed E-state index contributed by atoms with van der Waals surface area (Å²) in [6.45, 7) is 4.09. The summed E-state index contributed by atoms with van der Waals surface area (Å²) in [4.78, 5) is 18.7. The molecule has 2 heterocycles. The van der Waals surface area contributed by atoms with E-state index >= 15 is 0 Å². The number of halogens is 2. The van der Waals surface area contributed by atoms with Crippen molar-refractivity contribution < 1.29 is 9.53 Å². The second-order valence-electron chi connectivity index (χ2n) is 6.35. The van der Waals surface area contributed by atoms with Gasteiger partial charge in [-0.2, -0.15) is 0 Å². The average molecular weight is 379 g/mol. The fourth-order valence-corrected chi connectivity index (χ4v) is 3.30. The van der Waals surface area contributed by atoms with E-state index in [0.717, 1.165) is 25.9 Å². The van der Waals surface area contributed by atoms with Crippen molar-refractivity contribution in [2.24, 2.45) is 5.92 Å². The van der Waals surface area contributed by atoms with Crippen LogP contribution in [0.4, 0.5) is 0 Å². The third-order valence-electron chi connectivity index (χ3n) is 4.43. The largest absolute Gasteiger partial charge is 0.484 e. The third kappa shape index (κ3) is 4.44. The van der Waals surface area contributed by atoms with E-state index in [-0.39, 0.29) is 12.5 Å². The SMILES string of the molecule is CC1CCN(C(=O)c2ccc(COc3c(Cl)cccc3Cl)nc2)CC1. The summed E-state index contributed by atoms with van der Waals surface area (Å²) >= 11 is 12.2. The smallest absolute Gasteiger partial charge is 0.255 e. The highest BCUT2D eigenvalue weighted by molar-refractivity contribution is 6.37. The Hall–Kier alpha value is -1.78. The molecule has 0 aliphatic carbocycles. The van der Waals surface area contributed by atoms with E-state index in [1.165, 1.54) is 0 Å². The Bertz CT molecular complexity index is 721. The third-order valence-corrected chi connectivity index (χ3v) is 5.02. The molecule has 6 heteroatoms. The predicted octanol–water partition coefficient (Wildman–Crippen LogP) is 4.84. The molecule has 25 heavy (non-hydrogen) atoms. The zero-order valence-corrected chi connectivity index (χ0v) is 15.6. The number of benzene rings is 1. The molecule has 132 valence electrons. The van der Waals surface area contributed by atoms with Crippen molar-refractivity contribution >= 4 is 29.1 Å². The van der Waals surface area contributed by atoms with Crippen molar-refractivity contribution in [2.75, 3.05) is 13.1 Å². The number of likely N-dealkylation sites (tertiary alicyclic amines) is 1. The van der Waals surface area contributed by atoms with Crippen LogP contribution in [-0.2, 0) is 6.61 Å². The van der Waals surface area contributed by atoms with E-state index in [0.29, 0.717) is 33.0 Å². The number of carbonyl (C=O) groups excluding carboxylic acids is 1. The number of nitrogens with zero attached hydrogens (tertiary/aromatic N) is 2. The van der Waals surface area contributed by atoms with Crippen LogP contribution in [-0.4, -0.2) is 28.9 Å². The van der Waals surface area contributed by atoms with Gasteiger partial charge >= 0.3 is 0 Å². The van der Waals surface area contributed by atoms with Gasteiger partial charge in [0.2, 0.25) is 0 Å². The molecule has 0 atom stereocenters. The molecule has 0 N–H and O–H groups in total. The summed E-state index contributed by atoms with van der Waals surface area (Å²) in [5.41, 5.74) is 1.31. The molecule has 0 radical (unpaired) electrons. The van der Waals surface area contributed by atoms with Gasteiger partial charge in [0.05, 0.1) is 21.3 Å². The van der Waals surface area contributed by atoms with Gasteiger partial charge in [0.15, 0.2) is 5.75 Å². The lowest BCUT2D eigenvalue weighted by Gasteiger charge is -2.30. The van der Waals surface area contributed by atoms with E-state index < -0.39 is 0 Å². The molecular formula is C19H20Cl2N2O2. The lowest BCUT2D eigenvalue weighted by molar-refractivity contribution is 0.0696. The first-order chi connectivity index (χ1) is 12.0. The van der Waals surface area contributed by atoms with Gasteiger partial charge in [-0.25, -0.2) is 0 Å². The van der Waals surface area contributed by atoms with Gasteiger partial charge in [0.1, 0.15) is 6.61 Å². The Morgan fingerprint density at radius 1 is 1.20 bits per heavy atom. The number of hydrogen-bond acceptors (Lipinski definition) is 3. The van der Waals surface area contributed by atoms with E-state index in [2.05, 4.69) is 11.9 Å². The summed E-state index contributed by atoms with van der Waals surface area (Å²) in [6.07, 6.45) is 3.72. The zero-order chi connectivity index (χ0) is 17.8. The summed E-state index contributed by atoms with van der Waals surface area (Å²) < 4.78 is 5.66. The zero-order valence-electron chi connectivity index (χ0n) is 14.0. The van der Waals surface area contributed by atoms with Crippen molar-refractivity contribution in [2.45, 2.75) is 26.4 Å². The number of carbonyl (C=O) groups is 1. The maximum Gasteiger partial charge on any atom is 0.255 e. The van der Waals surface area contributed by atoms with Crippen LogP contribution < -0.4 is 4.74 Å². The molecule has 0 spiro atoms. The van der Waals surface area contributed by atoms with Crippen LogP contribution in [0, 0.1) is 5.92 Å². The number of hydrogen-bond donors (Lipinski definition) is 0. The van der Waals surface area contributed by atoms with Crippen LogP contribution in [0.15, 0.2) is 36.5 Å². The van der Waals surface area contributed by atoms with Crippen LogP contribution in [0.1, 0.15) is 35.8 Å². The Balaban J connectivity index is 1.61. The first kappa shape index (κ1) is 18.0. The predicted molar refractivity (Wildman–Crippen MR) is 99.3 cm³/mol. The van der Waals surface area contributed by atoms with Crippen molar-refractivity contribution in [3.63, 3.8) is 0 Å². The summed E-state index contributed by atoms with van der Waals surface area (Å²) in [7, 11) is 0. The fourth-order valence-electron chi connectivity index (χ4n) is 2.80. The number of amides is 1. The number of piperidine rings is 1.